The van der Waals surface area contributed by atoms with Crippen LogP contribution in [0.5, 0.6) is 0 Å². The van der Waals surface area contributed by atoms with E-state index in [1.807, 2.05) is 12.1 Å². The van der Waals surface area contributed by atoms with Crippen molar-refractivity contribution in [2.75, 3.05) is 19.6 Å². The standard InChI is InChI=1S/C15H20N4O2/c1-11-9-19(10-15(11)4-6-17-13(15)20)14(21)18-8-12-3-2-5-16-7-12/h2-3,5,7,11H,4,6,8-10H2,1H3,(H,17,20)(H,18,21)/t11-,15-/m1/s1. The molecule has 2 N–H and O–H groups in total. The summed E-state index contributed by atoms with van der Waals surface area (Å²) in [7, 11) is 0. The number of amides is 3. The molecule has 0 aromatic carbocycles. The van der Waals surface area contributed by atoms with Crippen molar-refractivity contribution >= 4 is 11.9 Å². The molecule has 1 aromatic heterocycles. The molecule has 2 atom stereocenters. The molecule has 112 valence electrons. The second-order valence-electron chi connectivity index (χ2n) is 5.96. The highest BCUT2D eigenvalue weighted by Gasteiger charge is 2.53. The Hall–Kier alpha value is -2.11. The number of carbonyl (C=O) groups excluding carboxylic acids is 2. The first kappa shape index (κ1) is 13.9. The monoisotopic (exact) mass is 288 g/mol. The van der Waals surface area contributed by atoms with Gasteiger partial charge in [0.1, 0.15) is 0 Å². The molecule has 1 spiro atoms. The van der Waals surface area contributed by atoms with Gasteiger partial charge in [0.25, 0.3) is 0 Å². The lowest BCUT2D eigenvalue weighted by Gasteiger charge is -2.23. The zero-order valence-corrected chi connectivity index (χ0v) is 12.1. The second-order valence-corrected chi connectivity index (χ2v) is 5.96. The fourth-order valence-electron chi connectivity index (χ4n) is 3.32. The van der Waals surface area contributed by atoms with Gasteiger partial charge in [-0.15, -0.1) is 0 Å². The highest BCUT2D eigenvalue weighted by atomic mass is 16.2. The molecule has 0 unspecified atom stereocenters. The smallest absolute Gasteiger partial charge is 0.317 e. The van der Waals surface area contributed by atoms with Crippen LogP contribution in [0.4, 0.5) is 4.79 Å². The van der Waals surface area contributed by atoms with Crippen LogP contribution in [0.25, 0.3) is 0 Å². The summed E-state index contributed by atoms with van der Waals surface area (Å²) >= 11 is 0. The van der Waals surface area contributed by atoms with Gasteiger partial charge in [-0.05, 0) is 24.0 Å². The van der Waals surface area contributed by atoms with Crippen molar-refractivity contribution in [3.8, 4) is 0 Å². The fourth-order valence-corrected chi connectivity index (χ4v) is 3.32. The van der Waals surface area contributed by atoms with E-state index in [2.05, 4.69) is 22.5 Å². The van der Waals surface area contributed by atoms with Gasteiger partial charge in [0, 0.05) is 38.6 Å². The Balaban J connectivity index is 1.60. The van der Waals surface area contributed by atoms with E-state index >= 15 is 0 Å². The van der Waals surface area contributed by atoms with E-state index in [0.717, 1.165) is 12.0 Å². The average molecular weight is 288 g/mol. The van der Waals surface area contributed by atoms with E-state index in [1.165, 1.54) is 0 Å². The quantitative estimate of drug-likeness (QED) is 0.843. The minimum atomic E-state index is -0.383. The van der Waals surface area contributed by atoms with Gasteiger partial charge in [-0.1, -0.05) is 13.0 Å². The van der Waals surface area contributed by atoms with Crippen molar-refractivity contribution in [2.45, 2.75) is 19.9 Å². The Morgan fingerprint density at radius 2 is 2.48 bits per heavy atom. The van der Waals surface area contributed by atoms with Crippen molar-refractivity contribution in [3.63, 3.8) is 0 Å². The van der Waals surface area contributed by atoms with Gasteiger partial charge in [0.2, 0.25) is 5.91 Å². The van der Waals surface area contributed by atoms with Crippen LogP contribution < -0.4 is 10.6 Å². The Bertz CT molecular complexity index is 548. The summed E-state index contributed by atoms with van der Waals surface area (Å²) < 4.78 is 0. The Morgan fingerprint density at radius 1 is 1.62 bits per heavy atom. The minimum Gasteiger partial charge on any atom is -0.356 e. The molecule has 3 amide bonds. The number of nitrogens with zero attached hydrogens (tertiary/aromatic N) is 2. The van der Waals surface area contributed by atoms with E-state index in [4.69, 9.17) is 0 Å². The van der Waals surface area contributed by atoms with Gasteiger partial charge in [0.05, 0.1) is 5.41 Å². The number of pyridine rings is 1. The lowest BCUT2D eigenvalue weighted by atomic mass is 9.78. The Kier molecular flexibility index (Phi) is 3.53. The van der Waals surface area contributed by atoms with Crippen LogP contribution >= 0.6 is 0 Å². The third-order valence-corrected chi connectivity index (χ3v) is 4.67. The van der Waals surface area contributed by atoms with Crippen molar-refractivity contribution in [1.82, 2.24) is 20.5 Å². The topological polar surface area (TPSA) is 74.3 Å². The predicted molar refractivity (Wildman–Crippen MR) is 77.3 cm³/mol. The van der Waals surface area contributed by atoms with Gasteiger partial charge in [-0.25, -0.2) is 4.79 Å². The van der Waals surface area contributed by atoms with Crippen LogP contribution in [0.1, 0.15) is 18.9 Å². The van der Waals surface area contributed by atoms with E-state index in [1.54, 1.807) is 17.3 Å². The molecule has 2 saturated heterocycles. The lowest BCUT2D eigenvalue weighted by Crippen LogP contribution is -2.41. The lowest BCUT2D eigenvalue weighted by molar-refractivity contribution is -0.128. The van der Waals surface area contributed by atoms with Crippen molar-refractivity contribution in [3.05, 3.63) is 30.1 Å². The molecule has 1 aromatic rings. The van der Waals surface area contributed by atoms with Gasteiger partial charge in [-0.3, -0.25) is 9.78 Å². The van der Waals surface area contributed by atoms with Crippen molar-refractivity contribution in [1.29, 1.82) is 0 Å². The van der Waals surface area contributed by atoms with Crippen LogP contribution in [0.15, 0.2) is 24.5 Å². The van der Waals surface area contributed by atoms with Crippen LogP contribution in [-0.4, -0.2) is 41.5 Å². The fraction of sp³-hybridized carbons (Fsp3) is 0.533. The molecule has 0 radical (unpaired) electrons. The predicted octanol–water partition coefficient (Wildman–Crippen LogP) is 0.749. The molecule has 21 heavy (non-hydrogen) atoms. The van der Waals surface area contributed by atoms with E-state index in [9.17, 15) is 9.59 Å². The molecular weight excluding hydrogens is 268 g/mol. The van der Waals surface area contributed by atoms with Crippen LogP contribution in [0, 0.1) is 11.3 Å². The molecule has 0 aliphatic carbocycles. The third-order valence-electron chi connectivity index (χ3n) is 4.67. The summed E-state index contributed by atoms with van der Waals surface area (Å²) in [6, 6.07) is 3.66. The van der Waals surface area contributed by atoms with Gasteiger partial charge < -0.3 is 15.5 Å². The number of carbonyl (C=O) groups is 2. The highest BCUT2D eigenvalue weighted by molar-refractivity contribution is 5.87. The third kappa shape index (κ3) is 2.46. The largest absolute Gasteiger partial charge is 0.356 e. The normalized spacial score (nSPS) is 28.0. The molecule has 6 nitrogen and oxygen atoms in total. The number of urea groups is 1. The van der Waals surface area contributed by atoms with E-state index < -0.39 is 0 Å². The number of rotatable bonds is 2. The maximum Gasteiger partial charge on any atom is 0.317 e. The van der Waals surface area contributed by atoms with Crippen molar-refractivity contribution < 1.29 is 9.59 Å². The molecule has 2 aliphatic heterocycles. The first-order chi connectivity index (χ1) is 10.1. The summed E-state index contributed by atoms with van der Waals surface area (Å²) in [4.78, 5) is 30.1. The zero-order valence-electron chi connectivity index (χ0n) is 12.1. The molecule has 3 heterocycles. The Morgan fingerprint density at radius 3 is 3.14 bits per heavy atom. The van der Waals surface area contributed by atoms with Crippen molar-refractivity contribution in [2.24, 2.45) is 11.3 Å². The number of hydrogen-bond acceptors (Lipinski definition) is 3. The minimum absolute atomic E-state index is 0.0950. The zero-order chi connectivity index (χ0) is 14.9. The Labute approximate surface area is 123 Å². The van der Waals surface area contributed by atoms with Gasteiger partial charge >= 0.3 is 6.03 Å². The number of hydrogen-bond donors (Lipinski definition) is 2. The first-order valence-electron chi connectivity index (χ1n) is 7.32. The summed E-state index contributed by atoms with van der Waals surface area (Å²) in [6.07, 6.45) is 4.26. The van der Waals surface area contributed by atoms with Crippen LogP contribution in [0.2, 0.25) is 0 Å². The number of aromatic nitrogens is 1. The number of nitrogens with one attached hydrogen (secondary N) is 2. The maximum atomic E-state index is 12.3. The first-order valence-corrected chi connectivity index (χ1v) is 7.32. The summed E-state index contributed by atoms with van der Waals surface area (Å²) in [6.45, 7) is 4.37. The average Bonchev–Trinajstić information content (AvgIpc) is 3.03. The van der Waals surface area contributed by atoms with Crippen LogP contribution in [-0.2, 0) is 11.3 Å². The second kappa shape index (κ2) is 5.35. The van der Waals surface area contributed by atoms with E-state index in [-0.39, 0.29) is 23.3 Å². The summed E-state index contributed by atoms with van der Waals surface area (Å²) in [5.41, 5.74) is 0.581. The summed E-state index contributed by atoms with van der Waals surface area (Å²) in [5, 5.41) is 5.79. The molecule has 3 rings (SSSR count). The SMILES string of the molecule is C[C@@H]1CN(C(=O)NCc2cccnc2)C[C@]12CCNC2=O. The number of likely N-dealkylation sites (tertiary alicyclic amines) is 1. The molecular formula is C15H20N4O2. The van der Waals surface area contributed by atoms with Gasteiger partial charge in [-0.2, -0.15) is 0 Å². The summed E-state index contributed by atoms with van der Waals surface area (Å²) in [5.74, 6) is 0.293. The van der Waals surface area contributed by atoms with E-state index in [0.29, 0.717) is 26.2 Å². The highest BCUT2D eigenvalue weighted by Crippen LogP contribution is 2.41. The van der Waals surface area contributed by atoms with Gasteiger partial charge in [0.15, 0.2) is 0 Å². The molecule has 0 saturated carbocycles. The molecule has 6 heteroatoms. The molecule has 2 fully saturated rings. The maximum absolute atomic E-state index is 12.3. The van der Waals surface area contributed by atoms with Crippen LogP contribution in [0.3, 0.4) is 0 Å². The molecule has 2 aliphatic rings. The molecule has 0 bridgehead atoms.